The Hall–Kier alpha value is -4.68. The summed E-state index contributed by atoms with van der Waals surface area (Å²) in [5.41, 5.74) is 6.33. The van der Waals surface area contributed by atoms with Crippen molar-refractivity contribution >= 4 is 35.4 Å². The minimum absolute atomic E-state index is 0.0265. The topological polar surface area (TPSA) is 135 Å². The highest BCUT2D eigenvalue weighted by atomic mass is 32.2. The predicted octanol–water partition coefficient (Wildman–Crippen LogP) is 6.75. The largest absolute Gasteiger partial charge is 0.465 e. The maximum absolute atomic E-state index is 12.3. The number of hydrogen-bond acceptors (Lipinski definition) is 8. The molecule has 0 radical (unpaired) electrons. The molecule has 4 N–H and O–H groups in total. The van der Waals surface area contributed by atoms with Gasteiger partial charge in [0, 0.05) is 41.3 Å². The third-order valence-electron chi connectivity index (χ3n) is 8.36. The van der Waals surface area contributed by atoms with Crippen molar-refractivity contribution in [3.05, 3.63) is 119 Å². The Morgan fingerprint density at radius 3 is 2.24 bits per heavy atom. The van der Waals surface area contributed by atoms with Crippen LogP contribution in [0.15, 0.2) is 102 Å². The highest BCUT2D eigenvalue weighted by Crippen LogP contribution is 2.43. The molecule has 10 nitrogen and oxygen atoms in total. The summed E-state index contributed by atoms with van der Waals surface area (Å²) in [5, 5.41) is 17.7. The number of carbonyl (C=O) groups excluding carboxylic acids is 3. The van der Waals surface area contributed by atoms with Gasteiger partial charge >= 0.3 is 12.0 Å². The fraction of sp³-hybridized carbons (Fsp3) is 0.308. The Bertz CT molecular complexity index is 1730. The number of carbonyl (C=O) groups is 3. The van der Waals surface area contributed by atoms with Crippen LogP contribution in [0.2, 0.25) is 0 Å². The van der Waals surface area contributed by atoms with Crippen LogP contribution in [0.1, 0.15) is 55.4 Å². The van der Waals surface area contributed by atoms with Crippen LogP contribution in [0, 0.1) is 5.92 Å². The molecule has 4 atom stereocenters. The average Bonchev–Trinajstić information content (AvgIpc) is 3.13. The van der Waals surface area contributed by atoms with Crippen molar-refractivity contribution in [1.29, 1.82) is 0 Å². The third kappa shape index (κ3) is 9.95. The Morgan fingerprint density at radius 2 is 1.56 bits per heavy atom. The number of esters is 1. The molecule has 11 heteroatoms. The highest BCUT2D eigenvalue weighted by molar-refractivity contribution is 7.99. The average molecular weight is 698 g/mol. The maximum Gasteiger partial charge on any atom is 0.325 e. The van der Waals surface area contributed by atoms with Crippen LogP contribution in [-0.2, 0) is 37.0 Å². The van der Waals surface area contributed by atoms with Crippen LogP contribution in [-0.4, -0.2) is 48.0 Å². The van der Waals surface area contributed by atoms with Gasteiger partial charge in [-0.1, -0.05) is 79.7 Å². The van der Waals surface area contributed by atoms with Crippen LogP contribution in [0.25, 0.3) is 11.1 Å². The first kappa shape index (κ1) is 36.6. The van der Waals surface area contributed by atoms with Crippen LogP contribution in [0.4, 0.5) is 10.5 Å². The number of rotatable bonds is 13. The molecule has 1 aliphatic heterocycles. The molecular formula is C39H43N3O7S. The lowest BCUT2D eigenvalue weighted by Gasteiger charge is -2.41. The summed E-state index contributed by atoms with van der Waals surface area (Å²) in [4.78, 5) is 36.4. The van der Waals surface area contributed by atoms with E-state index in [-0.39, 0.29) is 50.3 Å². The van der Waals surface area contributed by atoms with Crippen molar-refractivity contribution in [1.82, 2.24) is 10.6 Å². The zero-order valence-electron chi connectivity index (χ0n) is 28.4. The molecule has 1 saturated heterocycles. The van der Waals surface area contributed by atoms with Crippen LogP contribution < -0.4 is 16.0 Å². The summed E-state index contributed by atoms with van der Waals surface area (Å²) >= 11 is 1.69. The SMILES string of the molecule is CCOC(=O)CNC(=O)NCc1ccccc1-c1ccc([C@H]2O[C@@H](CSc3ccc(NC(C)=O)cc3)[C@@H](C)[C@@H](c3ccc(CO)cc3)O2)cc1. The molecule has 4 aromatic rings. The summed E-state index contributed by atoms with van der Waals surface area (Å²) < 4.78 is 18.1. The summed E-state index contributed by atoms with van der Waals surface area (Å²) in [7, 11) is 0. The summed E-state index contributed by atoms with van der Waals surface area (Å²) in [6.45, 7) is 5.63. The normalized spacial score (nSPS) is 18.6. The number of amides is 3. The minimum atomic E-state index is -0.615. The number of aliphatic hydroxyl groups excluding tert-OH is 1. The van der Waals surface area contributed by atoms with E-state index in [9.17, 15) is 19.5 Å². The second-order valence-corrected chi connectivity index (χ2v) is 13.1. The van der Waals surface area contributed by atoms with Crippen LogP contribution in [0.5, 0.6) is 0 Å². The highest BCUT2D eigenvalue weighted by Gasteiger charge is 2.38. The van der Waals surface area contributed by atoms with Gasteiger partial charge in [-0.2, -0.15) is 0 Å². The standard InChI is InChI=1S/C39H43N3O7S/c1-4-47-36(45)22-41-39(46)40-21-31-7-5-6-8-34(31)28-13-15-30(16-14-28)38-48-35(24-50-33-19-17-32(18-20-33)42-26(3)44)25(2)37(49-38)29-11-9-27(23-43)10-12-29/h5-20,25,35,37-38,43H,4,21-24H2,1-3H3,(H,42,44)(H2,40,41,46)/t25-,35+,37+,38+/m1/s1. The molecular weight excluding hydrogens is 655 g/mol. The van der Waals surface area contributed by atoms with Crippen LogP contribution in [0.3, 0.4) is 0 Å². The van der Waals surface area contributed by atoms with E-state index in [2.05, 4.69) is 22.9 Å². The fourth-order valence-corrected chi connectivity index (χ4v) is 6.77. The van der Waals surface area contributed by atoms with Crippen molar-refractivity contribution in [3.8, 4) is 11.1 Å². The Balaban J connectivity index is 1.30. The number of ether oxygens (including phenoxy) is 3. The van der Waals surface area contributed by atoms with Gasteiger partial charge in [0.2, 0.25) is 5.91 Å². The van der Waals surface area contributed by atoms with Crippen LogP contribution >= 0.6 is 11.8 Å². The quantitative estimate of drug-likeness (QED) is 0.0891. The summed E-state index contributed by atoms with van der Waals surface area (Å²) in [6, 6.07) is 31.0. The van der Waals surface area contributed by atoms with Gasteiger partial charge in [-0.25, -0.2) is 4.79 Å². The molecule has 4 aromatic carbocycles. The number of benzene rings is 4. The first-order valence-electron chi connectivity index (χ1n) is 16.6. The number of hydrogen-bond donors (Lipinski definition) is 4. The lowest BCUT2D eigenvalue weighted by atomic mass is 9.91. The van der Waals surface area contributed by atoms with Crippen molar-refractivity contribution in [3.63, 3.8) is 0 Å². The second kappa shape index (κ2) is 17.8. The fourth-order valence-electron chi connectivity index (χ4n) is 5.70. The molecule has 1 fully saturated rings. The van der Waals surface area contributed by atoms with Gasteiger partial charge in [-0.15, -0.1) is 11.8 Å². The molecule has 262 valence electrons. The molecule has 0 unspecified atom stereocenters. The number of thioether (sulfide) groups is 1. The van der Waals surface area contributed by atoms with Gasteiger partial charge in [0.05, 0.1) is 25.4 Å². The molecule has 1 heterocycles. The van der Waals surface area contributed by atoms with E-state index >= 15 is 0 Å². The van der Waals surface area contributed by atoms with E-state index < -0.39 is 18.3 Å². The Labute approximate surface area is 296 Å². The summed E-state index contributed by atoms with van der Waals surface area (Å²) in [6.07, 6.45) is -0.996. The van der Waals surface area contributed by atoms with E-state index in [4.69, 9.17) is 14.2 Å². The van der Waals surface area contributed by atoms with E-state index in [1.807, 2.05) is 97.1 Å². The zero-order valence-corrected chi connectivity index (χ0v) is 29.2. The maximum atomic E-state index is 12.3. The van der Waals surface area contributed by atoms with E-state index in [0.29, 0.717) is 5.75 Å². The van der Waals surface area contributed by atoms with Crippen molar-refractivity contribution < 1.29 is 33.7 Å². The van der Waals surface area contributed by atoms with E-state index in [1.54, 1.807) is 18.7 Å². The molecule has 5 rings (SSSR count). The van der Waals surface area contributed by atoms with Gasteiger partial charge in [0.25, 0.3) is 0 Å². The lowest BCUT2D eigenvalue weighted by molar-refractivity contribution is -0.268. The number of nitrogens with one attached hydrogen (secondary N) is 3. The molecule has 50 heavy (non-hydrogen) atoms. The van der Waals surface area contributed by atoms with Gasteiger partial charge in [0.15, 0.2) is 6.29 Å². The first-order valence-corrected chi connectivity index (χ1v) is 17.6. The predicted molar refractivity (Wildman–Crippen MR) is 193 cm³/mol. The molecule has 0 spiro atoms. The third-order valence-corrected chi connectivity index (χ3v) is 9.46. The summed E-state index contributed by atoms with van der Waals surface area (Å²) in [5.74, 6) is 0.124. The molecule has 0 saturated carbocycles. The van der Waals surface area contributed by atoms with Gasteiger partial charge in [0.1, 0.15) is 6.54 Å². The van der Waals surface area contributed by atoms with Gasteiger partial charge < -0.3 is 35.3 Å². The second-order valence-electron chi connectivity index (χ2n) is 12.0. The molecule has 1 aliphatic rings. The Kier molecular flexibility index (Phi) is 13.0. The minimum Gasteiger partial charge on any atom is -0.465 e. The van der Waals surface area contributed by atoms with Crippen molar-refractivity contribution in [2.45, 2.75) is 57.3 Å². The van der Waals surface area contributed by atoms with Crippen molar-refractivity contribution in [2.24, 2.45) is 5.92 Å². The van der Waals surface area contributed by atoms with Gasteiger partial charge in [-0.05, 0) is 59.0 Å². The zero-order chi connectivity index (χ0) is 35.5. The number of anilines is 1. The number of urea groups is 1. The van der Waals surface area contributed by atoms with Crippen molar-refractivity contribution in [2.75, 3.05) is 24.2 Å². The van der Waals surface area contributed by atoms with E-state index in [0.717, 1.165) is 44.0 Å². The smallest absolute Gasteiger partial charge is 0.325 e. The molecule has 0 aliphatic carbocycles. The first-order chi connectivity index (χ1) is 24.2. The molecule has 0 bridgehead atoms. The lowest BCUT2D eigenvalue weighted by Crippen LogP contribution is -2.38. The Morgan fingerprint density at radius 1 is 0.860 bits per heavy atom. The monoisotopic (exact) mass is 697 g/mol. The molecule has 3 amide bonds. The number of aliphatic hydroxyl groups is 1. The van der Waals surface area contributed by atoms with E-state index in [1.165, 1.54) is 6.92 Å². The molecule has 0 aromatic heterocycles. The van der Waals surface area contributed by atoms with Gasteiger partial charge in [-0.3, -0.25) is 9.59 Å².